The second-order valence-corrected chi connectivity index (χ2v) is 9.08. The van der Waals surface area contributed by atoms with Gasteiger partial charge in [0.1, 0.15) is 0 Å². The molecule has 150 valence electrons. The third-order valence-electron chi connectivity index (χ3n) is 6.86. The van der Waals surface area contributed by atoms with Gasteiger partial charge in [0.15, 0.2) is 0 Å². The molecule has 26 heavy (non-hydrogen) atoms. The Balaban J connectivity index is 1.67. The fourth-order valence-corrected chi connectivity index (χ4v) is 4.83. The minimum atomic E-state index is 0.640. The van der Waals surface area contributed by atoms with E-state index in [2.05, 4.69) is 49.3 Å². The van der Waals surface area contributed by atoms with Gasteiger partial charge in [-0.25, -0.2) is 0 Å². The molecule has 2 saturated heterocycles. The SMILES string of the molecule is CCCCC(C#CCN1CCC2(CC1)CN(CC(CC)CC)C2)CCC. The summed E-state index contributed by atoms with van der Waals surface area (Å²) in [6, 6.07) is 0. The lowest BCUT2D eigenvalue weighted by molar-refractivity contribution is -0.0516. The molecule has 1 spiro atoms. The van der Waals surface area contributed by atoms with E-state index in [9.17, 15) is 0 Å². The van der Waals surface area contributed by atoms with Crippen molar-refractivity contribution in [3.63, 3.8) is 0 Å². The van der Waals surface area contributed by atoms with Crippen LogP contribution in [-0.2, 0) is 0 Å². The summed E-state index contributed by atoms with van der Waals surface area (Å²) < 4.78 is 0. The molecule has 2 rings (SSSR count). The molecule has 0 aromatic carbocycles. The first-order valence-corrected chi connectivity index (χ1v) is 11.6. The lowest BCUT2D eigenvalue weighted by Crippen LogP contribution is -2.61. The molecule has 0 N–H and O–H groups in total. The highest BCUT2D eigenvalue weighted by molar-refractivity contribution is 5.07. The van der Waals surface area contributed by atoms with Gasteiger partial charge in [0.25, 0.3) is 0 Å². The molecule has 1 atom stereocenters. The maximum atomic E-state index is 3.59. The van der Waals surface area contributed by atoms with Gasteiger partial charge in [-0.1, -0.05) is 71.6 Å². The zero-order valence-corrected chi connectivity index (χ0v) is 18.2. The van der Waals surface area contributed by atoms with E-state index < -0.39 is 0 Å². The van der Waals surface area contributed by atoms with E-state index in [-0.39, 0.29) is 0 Å². The molecule has 0 aromatic rings. The average Bonchev–Trinajstić information content (AvgIpc) is 2.63. The first kappa shape index (κ1) is 21.8. The average molecular weight is 361 g/mol. The van der Waals surface area contributed by atoms with Gasteiger partial charge in [-0.3, -0.25) is 4.90 Å². The van der Waals surface area contributed by atoms with Crippen molar-refractivity contribution in [2.45, 2.75) is 85.5 Å². The number of unbranched alkanes of at least 4 members (excludes halogenated alkanes) is 1. The second-order valence-electron chi connectivity index (χ2n) is 9.08. The number of rotatable bonds is 10. The second kappa shape index (κ2) is 11.4. The molecule has 0 bridgehead atoms. The highest BCUT2D eigenvalue weighted by Gasteiger charge is 2.44. The summed E-state index contributed by atoms with van der Waals surface area (Å²) in [7, 11) is 0. The molecule has 0 aliphatic carbocycles. The van der Waals surface area contributed by atoms with Gasteiger partial charge >= 0.3 is 0 Å². The van der Waals surface area contributed by atoms with Crippen molar-refractivity contribution >= 4 is 0 Å². The molecule has 1 unspecified atom stereocenters. The Morgan fingerprint density at radius 1 is 0.885 bits per heavy atom. The zero-order chi connectivity index (χ0) is 18.8. The van der Waals surface area contributed by atoms with Crippen molar-refractivity contribution in [2.24, 2.45) is 17.3 Å². The Morgan fingerprint density at radius 3 is 2.15 bits per heavy atom. The predicted molar refractivity (Wildman–Crippen MR) is 114 cm³/mol. The van der Waals surface area contributed by atoms with Crippen LogP contribution in [0, 0.1) is 29.1 Å². The van der Waals surface area contributed by atoms with Gasteiger partial charge in [-0.15, -0.1) is 0 Å². The number of hydrogen-bond donors (Lipinski definition) is 0. The van der Waals surface area contributed by atoms with E-state index in [1.54, 1.807) is 0 Å². The smallest absolute Gasteiger partial charge is 0.0601 e. The van der Waals surface area contributed by atoms with Crippen LogP contribution in [0.25, 0.3) is 0 Å². The molecule has 2 aliphatic heterocycles. The van der Waals surface area contributed by atoms with Gasteiger partial charge in [0, 0.05) is 25.6 Å². The molecule has 2 fully saturated rings. The first-order chi connectivity index (χ1) is 12.6. The van der Waals surface area contributed by atoms with E-state index in [1.165, 1.54) is 90.5 Å². The normalized spacial score (nSPS) is 21.4. The van der Waals surface area contributed by atoms with Crippen LogP contribution in [0.4, 0.5) is 0 Å². The first-order valence-electron chi connectivity index (χ1n) is 11.6. The van der Waals surface area contributed by atoms with Crippen LogP contribution >= 0.6 is 0 Å². The lowest BCUT2D eigenvalue weighted by atomic mass is 9.71. The predicted octanol–water partition coefficient (Wildman–Crippen LogP) is 5.43. The standard InChI is InChI=1S/C24H44N2/c1-5-9-12-23(11-6-2)13-10-16-25-17-14-24(15-18-25)20-26(21-24)19-22(7-3)8-4/h22-23H,5-9,11-12,14-21H2,1-4H3. The molecule has 0 amide bonds. The minimum Gasteiger partial charge on any atom is -0.302 e. The van der Waals surface area contributed by atoms with E-state index >= 15 is 0 Å². The van der Waals surface area contributed by atoms with Crippen LogP contribution in [0.1, 0.15) is 85.5 Å². The van der Waals surface area contributed by atoms with Crippen LogP contribution in [0.15, 0.2) is 0 Å². The molecule has 2 nitrogen and oxygen atoms in total. The number of likely N-dealkylation sites (tertiary alicyclic amines) is 2. The van der Waals surface area contributed by atoms with Crippen LogP contribution in [-0.4, -0.2) is 49.1 Å². The Kier molecular flexibility index (Phi) is 9.51. The zero-order valence-electron chi connectivity index (χ0n) is 18.2. The molecule has 2 heteroatoms. The third kappa shape index (κ3) is 6.58. The Labute approximate surface area is 164 Å². The van der Waals surface area contributed by atoms with Gasteiger partial charge in [-0.2, -0.15) is 0 Å². The summed E-state index contributed by atoms with van der Waals surface area (Å²) in [6.07, 6.45) is 11.9. The van der Waals surface area contributed by atoms with Crippen molar-refractivity contribution in [1.82, 2.24) is 9.80 Å². The number of hydrogen-bond acceptors (Lipinski definition) is 2. The largest absolute Gasteiger partial charge is 0.302 e. The van der Waals surface area contributed by atoms with Crippen LogP contribution in [0.5, 0.6) is 0 Å². The highest BCUT2D eigenvalue weighted by atomic mass is 15.2. The van der Waals surface area contributed by atoms with Gasteiger partial charge in [0.2, 0.25) is 0 Å². The van der Waals surface area contributed by atoms with E-state index in [1.807, 2.05) is 0 Å². The summed E-state index contributed by atoms with van der Waals surface area (Å²) in [5.41, 5.74) is 0.655. The summed E-state index contributed by atoms with van der Waals surface area (Å²) in [5.74, 6) is 8.67. The van der Waals surface area contributed by atoms with Gasteiger partial charge < -0.3 is 4.90 Å². The molecule has 2 aliphatic rings. The van der Waals surface area contributed by atoms with Crippen molar-refractivity contribution in [2.75, 3.05) is 39.3 Å². The van der Waals surface area contributed by atoms with Crippen LogP contribution in [0.3, 0.4) is 0 Å². The number of nitrogens with zero attached hydrogens (tertiary/aromatic N) is 2. The summed E-state index contributed by atoms with van der Waals surface area (Å²) in [4.78, 5) is 5.32. The van der Waals surface area contributed by atoms with Gasteiger partial charge in [0.05, 0.1) is 6.54 Å². The van der Waals surface area contributed by atoms with E-state index in [4.69, 9.17) is 0 Å². The van der Waals surface area contributed by atoms with Crippen molar-refractivity contribution in [1.29, 1.82) is 0 Å². The fourth-order valence-electron chi connectivity index (χ4n) is 4.83. The quantitative estimate of drug-likeness (QED) is 0.479. The highest BCUT2D eigenvalue weighted by Crippen LogP contribution is 2.40. The molecular formula is C24H44N2. The summed E-state index contributed by atoms with van der Waals surface area (Å²) in [6.45, 7) is 16.8. The van der Waals surface area contributed by atoms with Crippen molar-refractivity contribution < 1.29 is 0 Å². The maximum absolute atomic E-state index is 3.59. The van der Waals surface area contributed by atoms with Crippen LogP contribution in [0.2, 0.25) is 0 Å². The third-order valence-corrected chi connectivity index (χ3v) is 6.86. The van der Waals surface area contributed by atoms with Crippen molar-refractivity contribution in [3.8, 4) is 11.8 Å². The Bertz CT molecular complexity index is 427. The van der Waals surface area contributed by atoms with Crippen molar-refractivity contribution in [3.05, 3.63) is 0 Å². The molecule has 0 aromatic heterocycles. The summed E-state index contributed by atoms with van der Waals surface area (Å²) in [5, 5.41) is 0. The minimum absolute atomic E-state index is 0.640. The molecule has 0 saturated carbocycles. The topological polar surface area (TPSA) is 6.48 Å². The molecular weight excluding hydrogens is 316 g/mol. The monoisotopic (exact) mass is 360 g/mol. The molecule has 2 heterocycles. The Morgan fingerprint density at radius 2 is 1.58 bits per heavy atom. The Hall–Kier alpha value is -0.520. The lowest BCUT2D eigenvalue weighted by Gasteiger charge is -2.54. The maximum Gasteiger partial charge on any atom is 0.0601 e. The summed E-state index contributed by atoms with van der Waals surface area (Å²) >= 11 is 0. The van der Waals surface area contributed by atoms with E-state index in [0.29, 0.717) is 11.3 Å². The van der Waals surface area contributed by atoms with Gasteiger partial charge in [-0.05, 0) is 50.1 Å². The molecule has 0 radical (unpaired) electrons. The van der Waals surface area contributed by atoms with Crippen LogP contribution < -0.4 is 0 Å². The van der Waals surface area contributed by atoms with E-state index in [0.717, 1.165) is 12.5 Å². The number of piperidine rings is 1. The fraction of sp³-hybridized carbons (Fsp3) is 0.917.